The van der Waals surface area contributed by atoms with Crippen LogP contribution in [0, 0.1) is 18.2 Å². The summed E-state index contributed by atoms with van der Waals surface area (Å²) in [6.45, 7) is 1.76. The molecule has 2 atom stereocenters. The zero-order valence-corrected chi connectivity index (χ0v) is 15.9. The normalized spacial score (nSPS) is 26.1. The van der Waals surface area contributed by atoms with Crippen molar-refractivity contribution in [3.8, 4) is 0 Å². The zero-order chi connectivity index (χ0) is 19.8. The van der Waals surface area contributed by atoms with Gasteiger partial charge in [0.05, 0.1) is 6.20 Å². The van der Waals surface area contributed by atoms with Crippen LogP contribution < -0.4 is 5.32 Å². The summed E-state index contributed by atoms with van der Waals surface area (Å²) < 4.78 is 13.1. The molecule has 28 heavy (non-hydrogen) atoms. The molecule has 7 heteroatoms. The van der Waals surface area contributed by atoms with Crippen LogP contribution in [0.4, 0.5) is 4.39 Å². The summed E-state index contributed by atoms with van der Waals surface area (Å²) in [5.74, 6) is -0.132. The summed E-state index contributed by atoms with van der Waals surface area (Å²) in [7, 11) is 0. The number of fused-ring (bicyclic) bond motifs is 2. The van der Waals surface area contributed by atoms with Crippen molar-refractivity contribution >= 4 is 11.7 Å². The van der Waals surface area contributed by atoms with Crippen LogP contribution in [0.5, 0.6) is 0 Å². The van der Waals surface area contributed by atoms with E-state index in [9.17, 15) is 14.0 Å². The van der Waals surface area contributed by atoms with Gasteiger partial charge in [-0.25, -0.2) is 14.4 Å². The van der Waals surface area contributed by atoms with E-state index in [1.54, 1.807) is 19.2 Å². The molecular formula is C21H23FN4O2. The summed E-state index contributed by atoms with van der Waals surface area (Å²) in [4.78, 5) is 37.6. The van der Waals surface area contributed by atoms with Crippen molar-refractivity contribution in [3.63, 3.8) is 0 Å². The number of ketones is 1. The molecule has 0 spiro atoms. The van der Waals surface area contributed by atoms with Crippen molar-refractivity contribution in [2.24, 2.45) is 5.41 Å². The van der Waals surface area contributed by atoms with Crippen LogP contribution in [0.3, 0.4) is 0 Å². The van der Waals surface area contributed by atoms with Crippen LogP contribution in [0.25, 0.3) is 0 Å². The van der Waals surface area contributed by atoms with E-state index in [1.807, 2.05) is 0 Å². The molecule has 0 aliphatic heterocycles. The SMILES string of the molecule is Cc1nccc(C(=O)NC23CCCC(CC(=O)c4ccc(F)cn4)(CC2)C3)n1. The quantitative estimate of drug-likeness (QED) is 0.801. The third kappa shape index (κ3) is 3.66. The molecule has 146 valence electrons. The van der Waals surface area contributed by atoms with Gasteiger partial charge in [-0.1, -0.05) is 6.42 Å². The van der Waals surface area contributed by atoms with Crippen LogP contribution in [-0.2, 0) is 0 Å². The molecule has 0 radical (unpaired) electrons. The number of amides is 1. The number of hydrogen-bond donors (Lipinski definition) is 1. The van der Waals surface area contributed by atoms with Gasteiger partial charge in [-0.3, -0.25) is 14.6 Å². The molecule has 2 unspecified atom stereocenters. The van der Waals surface area contributed by atoms with Gasteiger partial charge in [-0.15, -0.1) is 0 Å². The average molecular weight is 382 g/mol. The van der Waals surface area contributed by atoms with E-state index >= 15 is 0 Å². The number of nitrogens with zero attached hydrogens (tertiary/aromatic N) is 3. The Balaban J connectivity index is 1.47. The highest BCUT2D eigenvalue weighted by Crippen LogP contribution is 2.55. The summed E-state index contributed by atoms with van der Waals surface area (Å²) in [5.41, 5.74) is 0.265. The fourth-order valence-electron chi connectivity index (χ4n) is 4.90. The molecule has 2 bridgehead atoms. The van der Waals surface area contributed by atoms with Crippen molar-refractivity contribution in [1.82, 2.24) is 20.3 Å². The minimum absolute atomic E-state index is 0.0598. The Morgan fingerprint density at radius 2 is 1.96 bits per heavy atom. The second-order valence-electron chi connectivity index (χ2n) is 8.22. The first-order valence-electron chi connectivity index (χ1n) is 9.66. The van der Waals surface area contributed by atoms with E-state index in [2.05, 4.69) is 20.3 Å². The number of pyridine rings is 1. The molecule has 2 aromatic rings. The van der Waals surface area contributed by atoms with E-state index in [-0.39, 0.29) is 22.6 Å². The molecule has 2 aliphatic carbocycles. The summed E-state index contributed by atoms with van der Waals surface area (Å²) in [6.07, 6.45) is 8.41. The summed E-state index contributed by atoms with van der Waals surface area (Å²) in [5, 5.41) is 3.21. The zero-order valence-electron chi connectivity index (χ0n) is 15.9. The molecule has 4 rings (SSSR count). The van der Waals surface area contributed by atoms with Crippen molar-refractivity contribution in [2.45, 2.75) is 57.4 Å². The average Bonchev–Trinajstić information content (AvgIpc) is 2.92. The second kappa shape index (κ2) is 7.04. The van der Waals surface area contributed by atoms with E-state index < -0.39 is 5.82 Å². The largest absolute Gasteiger partial charge is 0.345 e. The first-order chi connectivity index (χ1) is 13.4. The van der Waals surface area contributed by atoms with E-state index in [0.717, 1.165) is 44.7 Å². The third-order valence-corrected chi connectivity index (χ3v) is 6.15. The van der Waals surface area contributed by atoms with Crippen molar-refractivity contribution in [3.05, 3.63) is 53.6 Å². The fourth-order valence-corrected chi connectivity index (χ4v) is 4.90. The van der Waals surface area contributed by atoms with Gasteiger partial charge in [-0.2, -0.15) is 0 Å². The molecule has 6 nitrogen and oxygen atoms in total. The van der Waals surface area contributed by atoms with Crippen LogP contribution in [0.1, 0.15) is 71.7 Å². The smallest absolute Gasteiger partial charge is 0.270 e. The molecule has 2 aliphatic rings. The van der Waals surface area contributed by atoms with Gasteiger partial charge in [0.25, 0.3) is 5.91 Å². The lowest BCUT2D eigenvalue weighted by molar-refractivity contribution is 0.0798. The highest BCUT2D eigenvalue weighted by Gasteiger charge is 2.52. The predicted molar refractivity (Wildman–Crippen MR) is 100 cm³/mol. The molecule has 0 aromatic carbocycles. The Morgan fingerprint density at radius 1 is 1.11 bits per heavy atom. The molecule has 2 aromatic heterocycles. The predicted octanol–water partition coefficient (Wildman–Crippen LogP) is 3.41. The Labute approximate surface area is 163 Å². The highest BCUT2D eigenvalue weighted by atomic mass is 19.1. The molecule has 2 heterocycles. The van der Waals surface area contributed by atoms with Crippen molar-refractivity contribution in [2.75, 3.05) is 0 Å². The molecule has 1 amide bonds. The summed E-state index contributed by atoms with van der Waals surface area (Å²) >= 11 is 0. The fraction of sp³-hybridized carbons (Fsp3) is 0.476. The van der Waals surface area contributed by atoms with E-state index in [1.165, 1.54) is 12.1 Å². The number of hydrogen-bond acceptors (Lipinski definition) is 5. The number of carbonyl (C=O) groups is 2. The number of rotatable bonds is 5. The number of aromatic nitrogens is 3. The van der Waals surface area contributed by atoms with Gasteiger partial charge in [0.1, 0.15) is 23.0 Å². The lowest BCUT2D eigenvalue weighted by Crippen LogP contribution is -2.49. The Kier molecular flexibility index (Phi) is 4.69. The lowest BCUT2D eigenvalue weighted by atomic mass is 9.70. The highest BCUT2D eigenvalue weighted by molar-refractivity contribution is 5.95. The Bertz CT molecular complexity index is 917. The summed E-state index contributed by atoms with van der Waals surface area (Å²) in [6, 6.07) is 4.33. The van der Waals surface area contributed by atoms with E-state index in [4.69, 9.17) is 0 Å². The number of Topliss-reactive ketones (excluding diaryl/α,β-unsaturated/α-hetero) is 1. The monoisotopic (exact) mass is 382 g/mol. The van der Waals surface area contributed by atoms with Crippen LogP contribution in [0.15, 0.2) is 30.6 Å². The van der Waals surface area contributed by atoms with Gasteiger partial charge < -0.3 is 5.32 Å². The van der Waals surface area contributed by atoms with Gasteiger partial charge in [-0.05, 0) is 62.6 Å². The number of carbonyl (C=O) groups excluding carboxylic acids is 2. The van der Waals surface area contributed by atoms with Crippen LogP contribution in [0.2, 0.25) is 0 Å². The topological polar surface area (TPSA) is 84.8 Å². The molecular weight excluding hydrogens is 359 g/mol. The minimum atomic E-state index is -0.449. The Morgan fingerprint density at radius 3 is 2.71 bits per heavy atom. The Hall–Kier alpha value is -2.70. The van der Waals surface area contributed by atoms with Crippen molar-refractivity contribution < 1.29 is 14.0 Å². The lowest BCUT2D eigenvalue weighted by Gasteiger charge is -2.39. The molecule has 1 N–H and O–H groups in total. The maximum absolute atomic E-state index is 13.1. The minimum Gasteiger partial charge on any atom is -0.345 e. The van der Waals surface area contributed by atoms with Gasteiger partial charge >= 0.3 is 0 Å². The maximum atomic E-state index is 13.1. The third-order valence-electron chi connectivity index (χ3n) is 6.15. The van der Waals surface area contributed by atoms with Crippen molar-refractivity contribution in [1.29, 1.82) is 0 Å². The first kappa shape index (κ1) is 18.7. The number of nitrogens with one attached hydrogen (secondary N) is 1. The maximum Gasteiger partial charge on any atom is 0.270 e. The molecule has 2 saturated carbocycles. The van der Waals surface area contributed by atoms with Gasteiger partial charge in [0.2, 0.25) is 0 Å². The second-order valence-corrected chi connectivity index (χ2v) is 8.22. The van der Waals surface area contributed by atoms with E-state index in [0.29, 0.717) is 23.6 Å². The molecule has 0 saturated heterocycles. The standard InChI is InChI=1S/C21H23FN4O2/c1-14-23-10-5-17(25-14)19(28)26-21-7-2-6-20(13-21,8-9-21)11-18(27)16-4-3-15(22)12-24-16/h3-5,10,12H,2,6-9,11,13H2,1H3,(H,26,28). The first-order valence-corrected chi connectivity index (χ1v) is 9.66. The van der Waals surface area contributed by atoms with Crippen LogP contribution in [-0.4, -0.2) is 32.2 Å². The van der Waals surface area contributed by atoms with Gasteiger partial charge in [0.15, 0.2) is 5.78 Å². The van der Waals surface area contributed by atoms with Gasteiger partial charge in [0, 0.05) is 18.2 Å². The van der Waals surface area contributed by atoms with Crippen LogP contribution >= 0.6 is 0 Å². The molecule has 2 fully saturated rings. The number of halogens is 1. The number of aryl methyl sites for hydroxylation is 1.